The molecule has 0 unspecified atom stereocenters. The molecule has 0 amide bonds. The van der Waals surface area contributed by atoms with Crippen LogP contribution in [0, 0.1) is 0 Å². The predicted octanol–water partition coefficient (Wildman–Crippen LogP) is 2.32. The maximum Gasteiger partial charge on any atom is 0.396 e. The van der Waals surface area contributed by atoms with Gasteiger partial charge in [0.2, 0.25) is 0 Å². The van der Waals surface area contributed by atoms with E-state index in [1.807, 2.05) is 13.8 Å². The molecule has 1 aromatic rings. The zero-order valence-electron chi connectivity index (χ0n) is 9.27. The largest absolute Gasteiger partial charge is 0.445 e. The van der Waals surface area contributed by atoms with Gasteiger partial charge in [-0.1, -0.05) is 13.8 Å². The minimum absolute atomic E-state index is 0.132. The number of alkyl halides is 3. The molecule has 1 aromatic heterocycles. The van der Waals surface area contributed by atoms with E-state index in [1.54, 1.807) is 0 Å². The first-order chi connectivity index (χ1) is 7.37. The van der Waals surface area contributed by atoms with Crippen LogP contribution in [0.4, 0.5) is 13.2 Å². The molecule has 16 heavy (non-hydrogen) atoms. The van der Waals surface area contributed by atoms with Crippen LogP contribution in [0.1, 0.15) is 25.5 Å². The van der Waals surface area contributed by atoms with E-state index >= 15 is 0 Å². The van der Waals surface area contributed by atoms with Gasteiger partial charge in [0.05, 0.1) is 6.20 Å². The van der Waals surface area contributed by atoms with E-state index in [0.717, 1.165) is 6.20 Å². The van der Waals surface area contributed by atoms with Crippen molar-refractivity contribution >= 4 is 0 Å². The summed E-state index contributed by atoms with van der Waals surface area (Å²) in [5, 5.41) is 3.13. The second kappa shape index (κ2) is 5.34. The Hall–Kier alpha value is -1.04. The fourth-order valence-corrected chi connectivity index (χ4v) is 1.21. The van der Waals surface area contributed by atoms with Crippen molar-refractivity contribution in [2.75, 3.05) is 6.54 Å². The Morgan fingerprint density at radius 2 is 2.12 bits per heavy atom. The Kier molecular flexibility index (Phi) is 4.35. The fourth-order valence-electron chi connectivity index (χ4n) is 1.21. The topological polar surface area (TPSA) is 38.1 Å². The van der Waals surface area contributed by atoms with Gasteiger partial charge >= 0.3 is 6.18 Å². The van der Waals surface area contributed by atoms with E-state index in [4.69, 9.17) is 4.42 Å². The number of aromatic nitrogens is 1. The second-order valence-electron chi connectivity index (χ2n) is 3.87. The molecule has 0 aliphatic rings. The molecular weight excluding hydrogens is 221 g/mol. The Bertz CT molecular complexity index is 320. The third-order valence-electron chi connectivity index (χ3n) is 1.87. The maximum atomic E-state index is 12.0. The number of halogens is 3. The quantitative estimate of drug-likeness (QED) is 0.852. The second-order valence-corrected chi connectivity index (χ2v) is 3.87. The number of nitrogens with zero attached hydrogens (tertiary/aromatic N) is 1. The smallest absolute Gasteiger partial charge is 0.396 e. The molecule has 1 N–H and O–H groups in total. The molecule has 3 nitrogen and oxygen atoms in total. The maximum absolute atomic E-state index is 12.0. The van der Waals surface area contributed by atoms with Crippen molar-refractivity contribution in [3.8, 4) is 0 Å². The molecule has 0 atom stereocenters. The number of hydrogen-bond acceptors (Lipinski definition) is 3. The third-order valence-corrected chi connectivity index (χ3v) is 1.87. The van der Waals surface area contributed by atoms with Crippen LogP contribution in [0.15, 0.2) is 10.6 Å². The van der Waals surface area contributed by atoms with Gasteiger partial charge < -0.3 is 9.73 Å². The first kappa shape index (κ1) is 13.0. The van der Waals surface area contributed by atoms with Crippen LogP contribution < -0.4 is 5.32 Å². The van der Waals surface area contributed by atoms with Gasteiger partial charge in [-0.2, -0.15) is 13.2 Å². The van der Waals surface area contributed by atoms with Crippen molar-refractivity contribution in [3.05, 3.63) is 17.8 Å². The van der Waals surface area contributed by atoms with Crippen molar-refractivity contribution in [1.29, 1.82) is 0 Å². The average molecular weight is 236 g/mol. The highest BCUT2D eigenvalue weighted by Gasteiger charge is 2.29. The van der Waals surface area contributed by atoms with E-state index in [1.165, 1.54) is 0 Å². The van der Waals surface area contributed by atoms with Gasteiger partial charge in [-0.05, 0) is 0 Å². The number of rotatable bonds is 5. The van der Waals surface area contributed by atoms with Crippen LogP contribution >= 0.6 is 0 Å². The molecule has 0 spiro atoms. The van der Waals surface area contributed by atoms with E-state index in [0.29, 0.717) is 24.9 Å². The number of oxazole rings is 1. The normalized spacial score (nSPS) is 12.4. The minimum atomic E-state index is -4.24. The molecular formula is C10H15F3N2O. The molecule has 1 rings (SSSR count). The lowest BCUT2D eigenvalue weighted by Gasteiger charge is -2.05. The van der Waals surface area contributed by atoms with Gasteiger partial charge in [0.15, 0.2) is 5.89 Å². The minimum Gasteiger partial charge on any atom is -0.445 e. The summed E-state index contributed by atoms with van der Waals surface area (Å²) in [5.41, 5.74) is 0. The zero-order valence-corrected chi connectivity index (χ0v) is 9.27. The molecule has 0 fully saturated rings. The number of hydrogen-bond donors (Lipinski definition) is 1. The Morgan fingerprint density at radius 3 is 2.69 bits per heavy atom. The van der Waals surface area contributed by atoms with Crippen molar-refractivity contribution < 1.29 is 17.6 Å². The molecule has 0 saturated heterocycles. The lowest BCUT2D eigenvalue weighted by molar-refractivity contribution is -0.130. The van der Waals surface area contributed by atoms with Crippen molar-refractivity contribution in [1.82, 2.24) is 10.3 Å². The van der Waals surface area contributed by atoms with Gasteiger partial charge in [0.25, 0.3) is 0 Å². The third kappa shape index (κ3) is 5.16. The fraction of sp³-hybridized carbons (Fsp3) is 0.700. The van der Waals surface area contributed by atoms with E-state index < -0.39 is 12.6 Å². The standard InChI is InChI=1S/C10H15F3N2O/c1-7(2)14-4-3-9-15-6-8(16-9)5-10(11,12)13/h6-7,14H,3-5H2,1-2H3. The van der Waals surface area contributed by atoms with Gasteiger partial charge in [-0.25, -0.2) is 4.98 Å². The first-order valence-electron chi connectivity index (χ1n) is 5.10. The Labute approximate surface area is 92.0 Å². The molecule has 0 radical (unpaired) electrons. The molecule has 1 heterocycles. The lowest BCUT2D eigenvalue weighted by Crippen LogP contribution is -2.24. The molecule has 6 heteroatoms. The summed E-state index contributed by atoms with van der Waals surface area (Å²) in [6.45, 7) is 4.62. The van der Waals surface area contributed by atoms with Gasteiger partial charge in [-0.3, -0.25) is 0 Å². The predicted molar refractivity (Wildman–Crippen MR) is 53.1 cm³/mol. The summed E-state index contributed by atoms with van der Waals surface area (Å²) >= 11 is 0. The molecule has 0 saturated carbocycles. The molecule has 92 valence electrons. The summed E-state index contributed by atoms with van der Waals surface area (Å²) in [4.78, 5) is 3.79. The van der Waals surface area contributed by atoms with Gasteiger partial charge in [0.1, 0.15) is 12.2 Å². The summed E-state index contributed by atoms with van der Waals surface area (Å²) in [5.74, 6) is 0.208. The molecule has 0 bridgehead atoms. The summed E-state index contributed by atoms with van der Waals surface area (Å²) in [7, 11) is 0. The van der Waals surface area contributed by atoms with Crippen molar-refractivity contribution in [2.45, 2.75) is 38.9 Å². The van der Waals surface area contributed by atoms with Crippen LogP contribution in [-0.2, 0) is 12.8 Å². The number of nitrogens with one attached hydrogen (secondary N) is 1. The van der Waals surface area contributed by atoms with Crippen molar-refractivity contribution in [2.24, 2.45) is 0 Å². The Balaban J connectivity index is 2.40. The van der Waals surface area contributed by atoms with Gasteiger partial charge in [-0.15, -0.1) is 0 Å². The summed E-state index contributed by atoms with van der Waals surface area (Å²) < 4.78 is 41.0. The zero-order chi connectivity index (χ0) is 12.2. The van der Waals surface area contributed by atoms with Gasteiger partial charge in [0, 0.05) is 19.0 Å². The highest BCUT2D eigenvalue weighted by atomic mass is 19.4. The van der Waals surface area contributed by atoms with Crippen LogP contribution in [0.3, 0.4) is 0 Å². The van der Waals surface area contributed by atoms with E-state index in [-0.39, 0.29) is 5.76 Å². The summed E-state index contributed by atoms with van der Waals surface area (Å²) in [6.07, 6.45) is -3.67. The SMILES string of the molecule is CC(C)NCCc1ncc(CC(F)(F)F)o1. The van der Waals surface area contributed by atoms with Crippen LogP contribution in [0.2, 0.25) is 0 Å². The van der Waals surface area contributed by atoms with Crippen LogP contribution in [-0.4, -0.2) is 23.7 Å². The molecule has 0 aliphatic heterocycles. The van der Waals surface area contributed by atoms with E-state index in [9.17, 15) is 13.2 Å². The average Bonchev–Trinajstić information content (AvgIpc) is 2.48. The lowest BCUT2D eigenvalue weighted by atomic mass is 10.3. The molecule has 0 aliphatic carbocycles. The van der Waals surface area contributed by atoms with Crippen molar-refractivity contribution in [3.63, 3.8) is 0 Å². The highest BCUT2D eigenvalue weighted by Crippen LogP contribution is 2.21. The first-order valence-corrected chi connectivity index (χ1v) is 5.10. The molecule has 0 aromatic carbocycles. The Morgan fingerprint density at radius 1 is 1.44 bits per heavy atom. The van der Waals surface area contributed by atoms with Crippen LogP contribution in [0.25, 0.3) is 0 Å². The summed E-state index contributed by atoms with van der Waals surface area (Å²) in [6, 6.07) is 0.338. The van der Waals surface area contributed by atoms with E-state index in [2.05, 4.69) is 10.3 Å². The van der Waals surface area contributed by atoms with Crippen LogP contribution in [0.5, 0.6) is 0 Å². The monoisotopic (exact) mass is 236 g/mol. The highest BCUT2D eigenvalue weighted by molar-refractivity contribution is 4.96.